The predicted octanol–water partition coefficient (Wildman–Crippen LogP) is 6.68. The fourth-order valence-corrected chi connectivity index (χ4v) is 3.21. The Balaban J connectivity index is 1.67. The molecule has 7 nitrogen and oxygen atoms in total. The van der Waals surface area contributed by atoms with Crippen molar-refractivity contribution in [1.82, 2.24) is 0 Å². The highest BCUT2D eigenvalue weighted by molar-refractivity contribution is 6.42. The molecule has 0 aliphatic rings. The van der Waals surface area contributed by atoms with Crippen molar-refractivity contribution in [2.75, 3.05) is 5.32 Å². The molecule has 0 aliphatic carbocycles. The minimum Gasteiger partial charge on any atom is -0.489 e. The number of ether oxygens (including phenoxy) is 1. The third kappa shape index (κ3) is 6.46. The van der Waals surface area contributed by atoms with Crippen LogP contribution in [0.15, 0.2) is 66.2 Å². The van der Waals surface area contributed by atoms with Crippen molar-refractivity contribution >= 4 is 58.2 Å². The van der Waals surface area contributed by atoms with E-state index in [1.54, 1.807) is 42.5 Å². The number of rotatable bonds is 7. The predicted molar refractivity (Wildman–Crippen MR) is 128 cm³/mol. The number of hydrogen-bond donors (Lipinski definition) is 1. The number of carbonyl (C=O) groups is 1. The van der Waals surface area contributed by atoms with E-state index in [0.29, 0.717) is 21.4 Å². The lowest BCUT2D eigenvalue weighted by Gasteiger charge is -2.08. The van der Waals surface area contributed by atoms with Gasteiger partial charge in [-0.05, 0) is 53.6 Å². The average Bonchev–Trinajstić information content (AvgIpc) is 2.80. The van der Waals surface area contributed by atoms with Gasteiger partial charge in [-0.25, -0.2) is 0 Å². The first-order valence-corrected chi connectivity index (χ1v) is 10.4. The Hall–Kier alpha value is -3.57. The minimum absolute atomic E-state index is 0.0597. The summed E-state index contributed by atoms with van der Waals surface area (Å²) >= 11 is 17.7. The second kappa shape index (κ2) is 10.8. The quantitative estimate of drug-likeness (QED) is 0.168. The highest BCUT2D eigenvalue weighted by atomic mass is 35.5. The highest BCUT2D eigenvalue weighted by Crippen LogP contribution is 2.28. The van der Waals surface area contributed by atoms with Crippen LogP contribution in [0, 0.1) is 21.4 Å². The van der Waals surface area contributed by atoms with E-state index in [-0.39, 0.29) is 28.6 Å². The van der Waals surface area contributed by atoms with Crippen LogP contribution in [0.3, 0.4) is 0 Å². The summed E-state index contributed by atoms with van der Waals surface area (Å²) in [6.45, 7) is 0.283. The number of halogens is 3. The smallest absolute Gasteiger partial charge is 0.289 e. The lowest BCUT2D eigenvalue weighted by molar-refractivity contribution is -0.384. The fraction of sp³-hybridized carbons (Fsp3) is 0.0435. The topological polar surface area (TPSA) is 105 Å². The van der Waals surface area contributed by atoms with E-state index in [1.807, 2.05) is 6.07 Å². The summed E-state index contributed by atoms with van der Waals surface area (Å²) in [5.74, 6) is -0.135. The van der Waals surface area contributed by atoms with Gasteiger partial charge >= 0.3 is 0 Å². The molecule has 0 spiro atoms. The third-order valence-corrected chi connectivity index (χ3v) is 5.41. The lowest BCUT2D eigenvalue weighted by atomic mass is 10.1. The van der Waals surface area contributed by atoms with Crippen LogP contribution in [-0.4, -0.2) is 10.8 Å². The van der Waals surface area contributed by atoms with Crippen molar-refractivity contribution in [2.45, 2.75) is 6.61 Å². The van der Waals surface area contributed by atoms with Crippen LogP contribution >= 0.6 is 34.8 Å². The van der Waals surface area contributed by atoms with Crippen LogP contribution in [0.25, 0.3) is 6.08 Å². The third-order valence-electron chi connectivity index (χ3n) is 4.35. The van der Waals surface area contributed by atoms with Gasteiger partial charge in [0.1, 0.15) is 29.0 Å². The van der Waals surface area contributed by atoms with Gasteiger partial charge in [0, 0.05) is 11.8 Å². The van der Waals surface area contributed by atoms with E-state index in [0.717, 1.165) is 11.6 Å². The zero-order valence-electron chi connectivity index (χ0n) is 16.7. The van der Waals surface area contributed by atoms with Gasteiger partial charge < -0.3 is 10.1 Å². The van der Waals surface area contributed by atoms with E-state index < -0.39 is 10.8 Å². The Kier molecular flexibility index (Phi) is 7.91. The lowest BCUT2D eigenvalue weighted by Crippen LogP contribution is -2.13. The zero-order valence-corrected chi connectivity index (χ0v) is 19.0. The molecular formula is C23H14Cl3N3O4. The van der Waals surface area contributed by atoms with E-state index in [1.165, 1.54) is 18.2 Å². The largest absolute Gasteiger partial charge is 0.489 e. The van der Waals surface area contributed by atoms with E-state index in [4.69, 9.17) is 39.5 Å². The first kappa shape index (κ1) is 24.1. The number of nitro groups is 1. The van der Waals surface area contributed by atoms with Gasteiger partial charge in [0.2, 0.25) is 0 Å². The molecule has 0 unspecified atom stereocenters. The van der Waals surface area contributed by atoms with Crippen molar-refractivity contribution in [2.24, 2.45) is 0 Å². The molecule has 10 heteroatoms. The molecular weight excluding hydrogens is 489 g/mol. The Morgan fingerprint density at radius 2 is 1.73 bits per heavy atom. The molecule has 0 saturated heterocycles. The van der Waals surface area contributed by atoms with Crippen LogP contribution in [0.4, 0.5) is 11.4 Å². The Bertz CT molecular complexity index is 1290. The Labute approximate surface area is 203 Å². The summed E-state index contributed by atoms with van der Waals surface area (Å²) in [7, 11) is 0. The average molecular weight is 503 g/mol. The normalized spacial score (nSPS) is 10.9. The van der Waals surface area contributed by atoms with Crippen LogP contribution in [0.2, 0.25) is 15.1 Å². The molecule has 0 fully saturated rings. The molecule has 3 aromatic rings. The first-order valence-electron chi connectivity index (χ1n) is 9.30. The van der Waals surface area contributed by atoms with Crippen LogP contribution < -0.4 is 10.1 Å². The Morgan fingerprint density at radius 3 is 2.36 bits per heavy atom. The van der Waals surface area contributed by atoms with Gasteiger partial charge in [-0.1, -0.05) is 53.0 Å². The van der Waals surface area contributed by atoms with Crippen LogP contribution in [0.5, 0.6) is 5.75 Å². The van der Waals surface area contributed by atoms with Gasteiger partial charge in [0.15, 0.2) is 0 Å². The molecule has 0 saturated carbocycles. The van der Waals surface area contributed by atoms with Gasteiger partial charge in [0.05, 0.1) is 15.0 Å². The standard InChI is InChI=1S/C23H14Cl3N3O4/c24-19-7-3-15(10-21(19)26)13-33-18-5-1-14(2-6-18)9-16(12-27)23(30)28-17-4-8-20(25)22(11-17)29(31)32/h1-11H,13H2,(H,28,30)/b16-9+. The summed E-state index contributed by atoms with van der Waals surface area (Å²) in [6, 6.07) is 17.6. The van der Waals surface area contributed by atoms with Crippen molar-refractivity contribution in [3.8, 4) is 11.8 Å². The second-order valence-electron chi connectivity index (χ2n) is 6.65. The molecule has 1 amide bonds. The number of nitro benzene ring substituents is 1. The number of anilines is 1. The molecule has 166 valence electrons. The SMILES string of the molecule is N#C/C(=C\c1ccc(OCc2ccc(Cl)c(Cl)c2)cc1)C(=O)Nc1ccc(Cl)c([N+](=O)[O-])c1. The van der Waals surface area contributed by atoms with Gasteiger partial charge in [0.25, 0.3) is 11.6 Å². The summed E-state index contributed by atoms with van der Waals surface area (Å²) < 4.78 is 5.71. The number of carbonyl (C=O) groups excluding carboxylic acids is 1. The second-order valence-corrected chi connectivity index (χ2v) is 7.88. The molecule has 3 rings (SSSR count). The summed E-state index contributed by atoms with van der Waals surface area (Å²) in [5, 5.41) is 23.7. The minimum atomic E-state index is -0.714. The molecule has 3 aromatic carbocycles. The fourth-order valence-electron chi connectivity index (χ4n) is 2.70. The van der Waals surface area contributed by atoms with Crippen molar-refractivity contribution in [3.05, 3.63) is 103 Å². The number of nitrogens with zero attached hydrogens (tertiary/aromatic N) is 2. The maximum absolute atomic E-state index is 12.4. The molecule has 0 heterocycles. The van der Waals surface area contributed by atoms with Crippen molar-refractivity contribution in [3.63, 3.8) is 0 Å². The maximum Gasteiger partial charge on any atom is 0.289 e. The molecule has 0 bridgehead atoms. The zero-order chi connectivity index (χ0) is 24.0. The van der Waals surface area contributed by atoms with E-state index in [9.17, 15) is 20.2 Å². The molecule has 1 N–H and O–H groups in total. The summed E-state index contributed by atoms with van der Waals surface area (Å²) in [6.07, 6.45) is 1.39. The van der Waals surface area contributed by atoms with Gasteiger partial charge in [-0.3, -0.25) is 14.9 Å². The highest BCUT2D eigenvalue weighted by Gasteiger charge is 2.15. The van der Waals surface area contributed by atoms with Gasteiger partial charge in [-0.15, -0.1) is 0 Å². The first-order chi connectivity index (χ1) is 15.8. The van der Waals surface area contributed by atoms with E-state index in [2.05, 4.69) is 5.32 Å². The number of hydrogen-bond acceptors (Lipinski definition) is 5. The molecule has 0 aromatic heterocycles. The number of amides is 1. The Morgan fingerprint density at radius 1 is 1.03 bits per heavy atom. The van der Waals surface area contributed by atoms with E-state index >= 15 is 0 Å². The molecule has 0 aliphatic heterocycles. The van der Waals surface area contributed by atoms with Crippen LogP contribution in [-0.2, 0) is 11.4 Å². The molecule has 0 radical (unpaired) electrons. The van der Waals surface area contributed by atoms with Crippen molar-refractivity contribution < 1.29 is 14.5 Å². The van der Waals surface area contributed by atoms with Crippen LogP contribution in [0.1, 0.15) is 11.1 Å². The molecule has 33 heavy (non-hydrogen) atoms. The summed E-state index contributed by atoms with van der Waals surface area (Å²) in [5.41, 5.74) is 1.04. The maximum atomic E-state index is 12.4. The number of nitrogens with one attached hydrogen (secondary N) is 1. The van der Waals surface area contributed by atoms with Gasteiger partial charge in [-0.2, -0.15) is 5.26 Å². The number of benzene rings is 3. The summed E-state index contributed by atoms with van der Waals surface area (Å²) in [4.78, 5) is 22.8. The monoisotopic (exact) mass is 501 g/mol. The van der Waals surface area contributed by atoms with Crippen molar-refractivity contribution in [1.29, 1.82) is 5.26 Å². The number of nitriles is 1. The molecule has 0 atom stereocenters.